The predicted molar refractivity (Wildman–Crippen MR) is 155 cm³/mol. The van der Waals surface area contributed by atoms with Crippen molar-refractivity contribution >= 4 is 18.5 Å². The zero-order chi connectivity index (χ0) is 29.4. The Hall–Kier alpha value is -3.46. The van der Waals surface area contributed by atoms with Crippen molar-refractivity contribution < 1.29 is 28.2 Å². The number of carbonyl (C=O) groups is 2. The smallest absolute Gasteiger partial charge is 0.469 e. The van der Waals surface area contributed by atoms with Crippen molar-refractivity contribution in [3.05, 3.63) is 71.5 Å². The van der Waals surface area contributed by atoms with Crippen LogP contribution in [0.3, 0.4) is 0 Å². The van der Waals surface area contributed by atoms with E-state index in [4.69, 9.17) is 19.2 Å². The second-order valence-corrected chi connectivity index (χ2v) is 11.4. The van der Waals surface area contributed by atoms with Crippen LogP contribution >= 0.6 is 0 Å². The molecule has 0 spiro atoms. The van der Waals surface area contributed by atoms with Crippen molar-refractivity contribution in [3.8, 4) is 0 Å². The van der Waals surface area contributed by atoms with Crippen LogP contribution in [0.5, 0.6) is 0 Å². The first kappa shape index (κ1) is 30.5. The average Bonchev–Trinajstić information content (AvgIpc) is 3.29. The largest absolute Gasteiger partial charge is 0.510 e. The lowest BCUT2D eigenvalue weighted by molar-refractivity contribution is -0.143. The van der Waals surface area contributed by atoms with Crippen LogP contribution in [0, 0.1) is 17.7 Å². The van der Waals surface area contributed by atoms with E-state index in [2.05, 4.69) is 36.0 Å². The van der Waals surface area contributed by atoms with Gasteiger partial charge in [0.15, 0.2) is 0 Å². The van der Waals surface area contributed by atoms with E-state index in [-0.39, 0.29) is 36.7 Å². The predicted octanol–water partition coefficient (Wildman–Crippen LogP) is 5.97. The molecule has 2 aromatic rings. The van der Waals surface area contributed by atoms with Gasteiger partial charge in [-0.2, -0.15) is 0 Å². The Balaban J connectivity index is 1.53. The molecule has 1 aliphatic carbocycles. The quantitative estimate of drug-likeness (QED) is 0.310. The maximum atomic E-state index is 14.1. The first-order valence-electron chi connectivity index (χ1n) is 14.4. The lowest BCUT2D eigenvalue weighted by Crippen LogP contribution is -2.50. The topological polar surface area (TPSA) is 80.7 Å². The number of carbonyl (C=O) groups excluding carboxylic acids is 2. The van der Waals surface area contributed by atoms with E-state index in [1.165, 1.54) is 20.3 Å². The van der Waals surface area contributed by atoms with Gasteiger partial charge >= 0.3 is 12.1 Å². The Morgan fingerprint density at radius 1 is 1.05 bits per heavy atom. The molecule has 0 saturated heterocycles. The summed E-state index contributed by atoms with van der Waals surface area (Å²) >= 11 is 0. The van der Waals surface area contributed by atoms with Crippen LogP contribution in [0.1, 0.15) is 62.1 Å². The third-order valence-electron chi connectivity index (χ3n) is 8.54. The van der Waals surface area contributed by atoms with Crippen molar-refractivity contribution in [1.29, 1.82) is 0 Å². The molecule has 9 heteroatoms. The van der Waals surface area contributed by atoms with Crippen LogP contribution in [0.15, 0.2) is 59.6 Å². The van der Waals surface area contributed by atoms with E-state index in [1.807, 2.05) is 24.3 Å². The van der Waals surface area contributed by atoms with Crippen LogP contribution < -0.4 is 0 Å². The minimum Gasteiger partial charge on any atom is -0.469 e. The van der Waals surface area contributed by atoms with Gasteiger partial charge in [0.1, 0.15) is 5.82 Å². The molecule has 0 N–H and O–H groups in total. The summed E-state index contributed by atoms with van der Waals surface area (Å²) in [7, 11) is 6.72. The minimum absolute atomic E-state index is 0.0609. The zero-order valence-electron chi connectivity index (χ0n) is 24.5. The lowest BCUT2D eigenvalue weighted by atomic mass is 9.73. The van der Waals surface area contributed by atoms with Crippen LogP contribution in [0.2, 0.25) is 0 Å². The van der Waals surface area contributed by atoms with Crippen LogP contribution in [0.25, 0.3) is 0 Å². The highest BCUT2D eigenvalue weighted by atomic mass is 19.1. The van der Waals surface area contributed by atoms with E-state index in [0.29, 0.717) is 18.4 Å². The number of hydrogen-bond donors (Lipinski definition) is 0. The fourth-order valence-corrected chi connectivity index (χ4v) is 6.55. The fourth-order valence-electron chi connectivity index (χ4n) is 6.55. The SMILES string of the molecule is COC(=O)CCC1(OC(=O)OC)N=CN(Cc2ccccc2)C1CC1CCC(C(c2cccc(F)c2)N(C)C)CC1. The lowest BCUT2D eigenvalue weighted by Gasteiger charge is -2.41. The first-order valence-corrected chi connectivity index (χ1v) is 14.4. The van der Waals surface area contributed by atoms with Gasteiger partial charge in [0, 0.05) is 19.0 Å². The standard InChI is InChI=1S/C32H42FN3O5/c1-35(2)30(26-11-8-12-27(33)20-26)25-15-13-23(14-16-25)19-28-32(41-31(38)40-4,18-17-29(37)39-3)34-22-36(28)21-24-9-6-5-7-10-24/h5-12,20,22-23,25,28,30H,13-19,21H2,1-4H3. The van der Waals surface area contributed by atoms with Crippen molar-refractivity contribution in [1.82, 2.24) is 9.80 Å². The number of hydrogen-bond acceptors (Lipinski definition) is 8. The number of nitrogens with zero attached hydrogens (tertiary/aromatic N) is 3. The second-order valence-electron chi connectivity index (χ2n) is 11.4. The van der Waals surface area contributed by atoms with Crippen LogP contribution in [-0.2, 0) is 25.5 Å². The Morgan fingerprint density at radius 2 is 1.78 bits per heavy atom. The summed E-state index contributed by atoms with van der Waals surface area (Å²) in [5, 5.41) is 0. The molecule has 0 aromatic heterocycles. The Kier molecular flexibility index (Phi) is 10.4. The molecule has 3 unspecified atom stereocenters. The first-order chi connectivity index (χ1) is 19.7. The molecule has 1 aliphatic heterocycles. The van der Waals surface area contributed by atoms with Gasteiger partial charge in [-0.25, -0.2) is 14.2 Å². The van der Waals surface area contributed by atoms with Gasteiger partial charge < -0.3 is 24.0 Å². The molecular formula is C32H42FN3O5. The zero-order valence-corrected chi connectivity index (χ0v) is 24.5. The number of halogens is 1. The summed E-state index contributed by atoms with van der Waals surface area (Å²) in [4.78, 5) is 33.6. The van der Waals surface area contributed by atoms with Crippen molar-refractivity contribution in [2.45, 2.75) is 69.3 Å². The highest BCUT2D eigenvalue weighted by Crippen LogP contribution is 2.44. The van der Waals surface area contributed by atoms with Crippen molar-refractivity contribution in [2.24, 2.45) is 16.8 Å². The third-order valence-corrected chi connectivity index (χ3v) is 8.54. The fraction of sp³-hybridized carbons (Fsp3) is 0.531. The van der Waals surface area contributed by atoms with Gasteiger partial charge in [0.25, 0.3) is 0 Å². The van der Waals surface area contributed by atoms with E-state index >= 15 is 0 Å². The highest BCUT2D eigenvalue weighted by molar-refractivity contribution is 5.70. The van der Waals surface area contributed by atoms with Gasteiger partial charge in [0.2, 0.25) is 5.72 Å². The molecule has 222 valence electrons. The molecule has 2 aromatic carbocycles. The molecule has 0 radical (unpaired) electrons. The van der Waals surface area contributed by atoms with Crippen LogP contribution in [0.4, 0.5) is 9.18 Å². The number of benzene rings is 2. The third kappa shape index (κ3) is 7.64. The van der Waals surface area contributed by atoms with Gasteiger partial charge in [-0.3, -0.25) is 4.79 Å². The average molecular weight is 568 g/mol. The van der Waals surface area contributed by atoms with Crippen LogP contribution in [-0.4, -0.2) is 68.3 Å². The molecule has 1 heterocycles. The molecule has 1 saturated carbocycles. The number of rotatable bonds is 11. The molecule has 3 atom stereocenters. The van der Waals surface area contributed by atoms with Gasteiger partial charge in [0.05, 0.1) is 33.0 Å². The summed E-state index contributed by atoms with van der Waals surface area (Å²) in [6.07, 6.45) is 5.90. The molecule has 2 aliphatic rings. The maximum absolute atomic E-state index is 14.1. The monoisotopic (exact) mass is 567 g/mol. The second kappa shape index (κ2) is 13.9. The highest BCUT2D eigenvalue weighted by Gasteiger charge is 2.50. The van der Waals surface area contributed by atoms with Crippen molar-refractivity contribution in [2.75, 3.05) is 28.3 Å². The number of ether oxygens (including phenoxy) is 3. The van der Waals surface area contributed by atoms with E-state index < -0.39 is 11.9 Å². The summed E-state index contributed by atoms with van der Waals surface area (Å²) in [5.74, 6) is 0.168. The minimum atomic E-state index is -1.26. The summed E-state index contributed by atoms with van der Waals surface area (Å²) in [6, 6.07) is 16.9. The summed E-state index contributed by atoms with van der Waals surface area (Å²) < 4.78 is 29.7. The van der Waals surface area contributed by atoms with E-state index in [0.717, 1.165) is 43.2 Å². The molecular weight excluding hydrogens is 525 g/mol. The number of methoxy groups -OCH3 is 2. The Labute approximate surface area is 242 Å². The van der Waals surface area contributed by atoms with E-state index in [9.17, 15) is 14.0 Å². The van der Waals surface area contributed by atoms with Gasteiger partial charge in [-0.1, -0.05) is 55.3 Å². The van der Waals surface area contributed by atoms with E-state index in [1.54, 1.807) is 18.5 Å². The van der Waals surface area contributed by atoms with Crippen molar-refractivity contribution in [3.63, 3.8) is 0 Å². The molecule has 41 heavy (non-hydrogen) atoms. The molecule has 4 rings (SSSR count). The van der Waals surface area contributed by atoms with Gasteiger partial charge in [-0.15, -0.1) is 0 Å². The Morgan fingerprint density at radius 3 is 2.41 bits per heavy atom. The number of esters is 1. The summed E-state index contributed by atoms with van der Waals surface area (Å²) in [6.45, 7) is 0.594. The summed E-state index contributed by atoms with van der Waals surface area (Å²) in [5.41, 5.74) is 0.851. The molecule has 0 bridgehead atoms. The number of aliphatic imine (C=N–C) groups is 1. The maximum Gasteiger partial charge on any atom is 0.510 e. The molecule has 1 fully saturated rings. The molecule has 8 nitrogen and oxygen atoms in total. The normalized spacial score (nSPS) is 24.7. The molecule has 0 amide bonds. The van der Waals surface area contributed by atoms with Gasteiger partial charge in [-0.05, 0) is 68.5 Å². The Bertz CT molecular complexity index is 1180.